The lowest BCUT2D eigenvalue weighted by Crippen LogP contribution is -2.22. The number of carboxylic acid groups (broad SMARTS) is 1. The van der Waals surface area contributed by atoms with Gasteiger partial charge >= 0.3 is 5.97 Å². The van der Waals surface area contributed by atoms with E-state index in [0.717, 1.165) is 21.8 Å². The van der Waals surface area contributed by atoms with Crippen LogP contribution in [-0.4, -0.2) is 17.0 Å². The van der Waals surface area contributed by atoms with Crippen molar-refractivity contribution in [1.82, 2.24) is 0 Å². The zero-order chi connectivity index (χ0) is 17.6. The molecule has 4 nitrogen and oxygen atoms in total. The van der Waals surface area contributed by atoms with Crippen LogP contribution in [0.5, 0.6) is 0 Å². The second kappa shape index (κ2) is 6.09. The van der Waals surface area contributed by atoms with Gasteiger partial charge in [-0.1, -0.05) is 12.1 Å². The number of hydrogen-bond acceptors (Lipinski definition) is 4. The van der Waals surface area contributed by atoms with Gasteiger partial charge in [0.05, 0.1) is 5.69 Å². The van der Waals surface area contributed by atoms with Crippen molar-refractivity contribution in [3.05, 3.63) is 62.2 Å². The van der Waals surface area contributed by atoms with Gasteiger partial charge in [0.1, 0.15) is 10.7 Å². The maximum absolute atomic E-state index is 13.7. The highest BCUT2D eigenvalue weighted by atomic mass is 32.1. The van der Waals surface area contributed by atoms with Gasteiger partial charge in [-0.3, -0.25) is 4.79 Å². The third kappa shape index (κ3) is 2.75. The average molecular weight is 373 g/mol. The Hall–Kier alpha value is -2.51. The molecule has 2 N–H and O–H groups in total. The van der Waals surface area contributed by atoms with Crippen molar-refractivity contribution in [2.75, 3.05) is 5.32 Å². The van der Waals surface area contributed by atoms with Gasteiger partial charge in [0, 0.05) is 22.8 Å². The number of fused-ring (bicyclic) bond motifs is 1. The van der Waals surface area contributed by atoms with Crippen LogP contribution in [0.25, 0.3) is 11.1 Å². The summed E-state index contributed by atoms with van der Waals surface area (Å²) < 4.78 is 13.7. The van der Waals surface area contributed by atoms with E-state index in [0.29, 0.717) is 16.8 Å². The molecule has 1 atom stereocenters. The van der Waals surface area contributed by atoms with Gasteiger partial charge in [-0.05, 0) is 40.1 Å². The average Bonchev–Trinajstić information content (AvgIpc) is 3.21. The molecule has 0 radical (unpaired) electrons. The quantitative estimate of drug-likeness (QED) is 0.694. The van der Waals surface area contributed by atoms with Crippen LogP contribution < -0.4 is 5.32 Å². The Morgan fingerprint density at radius 1 is 1.32 bits per heavy atom. The Labute approximate surface area is 150 Å². The minimum atomic E-state index is -1.09. The van der Waals surface area contributed by atoms with Crippen molar-refractivity contribution >= 4 is 40.2 Å². The molecule has 1 aliphatic rings. The first-order valence-corrected chi connectivity index (χ1v) is 9.28. The Morgan fingerprint density at radius 2 is 2.16 bits per heavy atom. The van der Waals surface area contributed by atoms with E-state index in [9.17, 15) is 19.1 Å². The largest absolute Gasteiger partial charge is 0.477 e. The third-order valence-electron chi connectivity index (χ3n) is 4.16. The van der Waals surface area contributed by atoms with E-state index >= 15 is 0 Å². The summed E-state index contributed by atoms with van der Waals surface area (Å²) in [4.78, 5) is 24.9. The first-order chi connectivity index (χ1) is 12.0. The molecule has 0 aliphatic carbocycles. The van der Waals surface area contributed by atoms with Crippen LogP contribution in [0.15, 0.2) is 41.1 Å². The molecule has 0 spiro atoms. The molecule has 0 saturated heterocycles. The van der Waals surface area contributed by atoms with Gasteiger partial charge in [0.15, 0.2) is 0 Å². The number of carbonyl (C=O) groups is 2. The predicted molar refractivity (Wildman–Crippen MR) is 96.1 cm³/mol. The first-order valence-electron chi connectivity index (χ1n) is 7.52. The summed E-state index contributed by atoms with van der Waals surface area (Å²) in [6.07, 6.45) is 0.270. The Balaban J connectivity index is 1.96. The summed E-state index contributed by atoms with van der Waals surface area (Å²) >= 11 is 2.68. The molecule has 1 aromatic carbocycles. The molecule has 0 bridgehead atoms. The smallest absolute Gasteiger partial charge is 0.346 e. The number of thiophene rings is 2. The van der Waals surface area contributed by atoms with Crippen molar-refractivity contribution in [1.29, 1.82) is 0 Å². The lowest BCUT2D eigenvalue weighted by atomic mass is 9.90. The highest BCUT2D eigenvalue weighted by Crippen LogP contribution is 2.49. The second-order valence-electron chi connectivity index (χ2n) is 5.72. The molecule has 7 heteroatoms. The van der Waals surface area contributed by atoms with Crippen LogP contribution in [0, 0.1) is 5.82 Å². The zero-order valence-corrected chi connectivity index (χ0v) is 14.4. The molecule has 4 rings (SSSR count). The summed E-state index contributed by atoms with van der Waals surface area (Å²) in [5, 5.41) is 16.3. The number of benzene rings is 1. The van der Waals surface area contributed by atoms with Crippen LogP contribution in [-0.2, 0) is 4.79 Å². The number of carbonyl (C=O) groups excluding carboxylic acids is 1. The molecular formula is C18H12FNO3S2. The normalized spacial score (nSPS) is 16.4. The topological polar surface area (TPSA) is 66.4 Å². The van der Waals surface area contributed by atoms with Gasteiger partial charge < -0.3 is 10.4 Å². The number of aromatic carboxylic acids is 1. The van der Waals surface area contributed by atoms with E-state index in [1.165, 1.54) is 29.5 Å². The fourth-order valence-electron chi connectivity index (χ4n) is 3.10. The Kier molecular flexibility index (Phi) is 3.89. The van der Waals surface area contributed by atoms with Crippen LogP contribution in [0.4, 0.5) is 10.1 Å². The molecule has 0 fully saturated rings. The number of hydrogen-bond donors (Lipinski definition) is 2. The summed E-state index contributed by atoms with van der Waals surface area (Å²) in [6.45, 7) is 0. The van der Waals surface area contributed by atoms with Crippen molar-refractivity contribution < 1.29 is 19.1 Å². The standard InChI is InChI=1S/C18H12FNO3S2/c19-11-3-1-2-9(6-11)14-15-16(25-17(14)18(22)23)12(7-13(21)20-15)10-4-5-24-8-10/h1-6,8,12H,7H2,(H,20,21)(H,22,23)/t12-/m0/s1. The molecular weight excluding hydrogens is 361 g/mol. The van der Waals surface area contributed by atoms with E-state index < -0.39 is 11.8 Å². The molecule has 1 amide bonds. The number of anilines is 1. The molecule has 2 aromatic heterocycles. The maximum atomic E-state index is 13.7. The predicted octanol–water partition coefficient (Wildman–Crippen LogP) is 4.79. The molecule has 126 valence electrons. The summed E-state index contributed by atoms with van der Waals surface area (Å²) in [5.41, 5.74) is 2.30. The lowest BCUT2D eigenvalue weighted by Gasteiger charge is -2.23. The number of amides is 1. The molecule has 0 saturated carbocycles. The highest BCUT2D eigenvalue weighted by Gasteiger charge is 2.34. The molecule has 1 aliphatic heterocycles. The Morgan fingerprint density at radius 3 is 2.84 bits per heavy atom. The summed E-state index contributed by atoms with van der Waals surface area (Å²) in [5.74, 6) is -1.89. The molecule has 0 unspecified atom stereocenters. The van der Waals surface area contributed by atoms with Crippen molar-refractivity contribution in [2.45, 2.75) is 12.3 Å². The Bertz CT molecular complexity index is 978. The van der Waals surface area contributed by atoms with Crippen molar-refractivity contribution in [3.8, 4) is 11.1 Å². The van der Waals surface area contributed by atoms with Gasteiger partial charge in [0.25, 0.3) is 0 Å². The minimum absolute atomic E-state index is 0.109. The lowest BCUT2D eigenvalue weighted by molar-refractivity contribution is -0.116. The molecule has 25 heavy (non-hydrogen) atoms. The number of rotatable bonds is 3. The number of carboxylic acids is 1. The fraction of sp³-hybridized carbons (Fsp3) is 0.111. The van der Waals surface area contributed by atoms with Gasteiger partial charge in [-0.15, -0.1) is 11.3 Å². The van der Waals surface area contributed by atoms with E-state index in [1.807, 2.05) is 16.8 Å². The zero-order valence-electron chi connectivity index (χ0n) is 12.8. The minimum Gasteiger partial charge on any atom is -0.477 e. The maximum Gasteiger partial charge on any atom is 0.346 e. The van der Waals surface area contributed by atoms with Gasteiger partial charge in [-0.2, -0.15) is 11.3 Å². The van der Waals surface area contributed by atoms with Crippen LogP contribution in [0.2, 0.25) is 0 Å². The SMILES string of the molecule is O=C1C[C@@H](c2ccsc2)c2sc(C(=O)O)c(-c3cccc(F)c3)c2N1. The number of nitrogens with one attached hydrogen (secondary N) is 1. The van der Waals surface area contributed by atoms with Crippen LogP contribution in [0.1, 0.15) is 32.5 Å². The second-order valence-corrected chi connectivity index (χ2v) is 7.55. The summed E-state index contributed by atoms with van der Waals surface area (Å²) in [7, 11) is 0. The molecule has 3 heterocycles. The first kappa shape index (κ1) is 16.0. The van der Waals surface area contributed by atoms with Crippen molar-refractivity contribution in [2.24, 2.45) is 0 Å². The number of halogens is 1. The van der Waals surface area contributed by atoms with Crippen LogP contribution in [0.3, 0.4) is 0 Å². The monoisotopic (exact) mass is 373 g/mol. The third-order valence-corrected chi connectivity index (χ3v) is 6.15. The van der Waals surface area contributed by atoms with E-state index in [-0.39, 0.29) is 23.1 Å². The van der Waals surface area contributed by atoms with Gasteiger partial charge in [0.2, 0.25) is 5.91 Å². The fourth-order valence-corrected chi connectivity index (χ4v) is 5.06. The van der Waals surface area contributed by atoms with E-state index in [2.05, 4.69) is 5.32 Å². The summed E-state index contributed by atoms with van der Waals surface area (Å²) in [6, 6.07) is 7.71. The van der Waals surface area contributed by atoms with Gasteiger partial charge in [-0.25, -0.2) is 9.18 Å². The molecule has 3 aromatic rings. The highest BCUT2D eigenvalue weighted by molar-refractivity contribution is 7.15. The van der Waals surface area contributed by atoms with Crippen LogP contribution >= 0.6 is 22.7 Å². The van der Waals surface area contributed by atoms with E-state index in [1.54, 1.807) is 6.07 Å². The van der Waals surface area contributed by atoms with E-state index in [4.69, 9.17) is 0 Å². The van der Waals surface area contributed by atoms with Crippen molar-refractivity contribution in [3.63, 3.8) is 0 Å².